The summed E-state index contributed by atoms with van der Waals surface area (Å²) in [6.07, 6.45) is 4.95. The Morgan fingerprint density at radius 2 is 1.62 bits per heavy atom. The zero-order valence-corrected chi connectivity index (χ0v) is 39.4. The molecule has 8 aromatic rings. The van der Waals surface area contributed by atoms with Crippen LogP contribution in [0.15, 0.2) is 114 Å². The summed E-state index contributed by atoms with van der Waals surface area (Å²) >= 11 is 1.81. The zero-order valence-electron chi connectivity index (χ0n) is 38.5. The summed E-state index contributed by atoms with van der Waals surface area (Å²) in [6, 6.07) is 35.3. The smallest absolute Gasteiger partial charge is 0.281 e. The summed E-state index contributed by atoms with van der Waals surface area (Å²) in [5.41, 5.74) is 10.1. The molecule has 340 valence electrons. The number of nitrogens with one attached hydrogen (secondary N) is 1. The molecular formula is C54H60N8O3S. The van der Waals surface area contributed by atoms with Crippen molar-refractivity contribution in [2.24, 2.45) is 7.05 Å². The fraction of sp³-hybridized carbons (Fsp3) is 0.370. The van der Waals surface area contributed by atoms with Gasteiger partial charge in [0.05, 0.1) is 24.2 Å². The van der Waals surface area contributed by atoms with Crippen LogP contribution in [-0.4, -0.2) is 82.5 Å². The number of amides is 1. The van der Waals surface area contributed by atoms with E-state index < -0.39 is 5.60 Å². The van der Waals surface area contributed by atoms with Gasteiger partial charge < -0.3 is 19.9 Å². The number of hydrogen-bond donors (Lipinski definition) is 2. The Bertz CT molecular complexity index is 3080. The molecule has 2 fully saturated rings. The van der Waals surface area contributed by atoms with Crippen molar-refractivity contribution in [2.45, 2.75) is 96.6 Å². The number of rotatable bonds is 13. The highest BCUT2D eigenvalue weighted by atomic mass is 32.1. The molecular weight excluding hydrogens is 841 g/mol. The lowest BCUT2D eigenvalue weighted by atomic mass is 9.90. The van der Waals surface area contributed by atoms with E-state index in [0.717, 1.165) is 62.4 Å². The van der Waals surface area contributed by atoms with Gasteiger partial charge in [0.15, 0.2) is 5.52 Å². The van der Waals surface area contributed by atoms with E-state index >= 15 is 0 Å². The molecule has 12 heteroatoms. The topological polar surface area (TPSA) is 113 Å². The van der Waals surface area contributed by atoms with E-state index in [0.29, 0.717) is 43.9 Å². The van der Waals surface area contributed by atoms with E-state index in [4.69, 9.17) is 4.98 Å². The molecule has 0 bridgehead atoms. The lowest BCUT2D eigenvalue weighted by Crippen LogP contribution is -2.49. The van der Waals surface area contributed by atoms with Gasteiger partial charge in [-0.25, -0.2) is 4.98 Å². The maximum atomic E-state index is 13.8. The number of likely N-dealkylation sites (tertiary alicyclic amines) is 2. The molecule has 4 aromatic heterocycles. The number of benzene rings is 4. The molecule has 0 aliphatic carbocycles. The third-order valence-electron chi connectivity index (χ3n) is 14.3. The second-order valence-corrected chi connectivity index (χ2v) is 19.8. The van der Waals surface area contributed by atoms with Crippen LogP contribution < -0.4 is 10.9 Å². The summed E-state index contributed by atoms with van der Waals surface area (Å²) in [4.78, 5) is 37.4. The van der Waals surface area contributed by atoms with Crippen molar-refractivity contribution in [2.75, 3.05) is 26.2 Å². The first-order valence-corrected chi connectivity index (χ1v) is 24.5. The molecule has 0 unspecified atom stereocenters. The number of fused-ring (bicyclic) bond motifs is 4. The number of piperidine rings is 2. The van der Waals surface area contributed by atoms with Crippen molar-refractivity contribution in [3.05, 3.63) is 141 Å². The minimum atomic E-state index is -1.12. The summed E-state index contributed by atoms with van der Waals surface area (Å²) in [5, 5.41) is 25.0. The number of aryl methyl sites for hydroxylation is 3. The van der Waals surface area contributed by atoms with Crippen LogP contribution in [0, 0.1) is 6.92 Å². The van der Waals surface area contributed by atoms with Gasteiger partial charge in [-0.05, 0) is 116 Å². The van der Waals surface area contributed by atoms with E-state index in [1.165, 1.54) is 59.8 Å². The number of hydrogen-bond acceptors (Lipinski definition) is 8. The molecule has 0 saturated carbocycles. The highest BCUT2D eigenvalue weighted by molar-refractivity contribution is 7.13. The van der Waals surface area contributed by atoms with Gasteiger partial charge >= 0.3 is 0 Å². The molecule has 1 amide bonds. The maximum Gasteiger partial charge on any atom is 0.281 e. The van der Waals surface area contributed by atoms with Crippen LogP contribution in [0.2, 0.25) is 0 Å². The Morgan fingerprint density at radius 3 is 2.35 bits per heavy atom. The summed E-state index contributed by atoms with van der Waals surface area (Å²) in [6.45, 7) is 12.2. The largest absolute Gasteiger partial charge is 0.388 e. The number of aromatic nitrogens is 5. The van der Waals surface area contributed by atoms with Crippen molar-refractivity contribution >= 4 is 50.1 Å². The first-order chi connectivity index (χ1) is 32.0. The molecule has 2 aliphatic rings. The second kappa shape index (κ2) is 18.4. The van der Waals surface area contributed by atoms with Gasteiger partial charge in [0.2, 0.25) is 5.91 Å². The Balaban J connectivity index is 0.725. The predicted octanol–water partition coefficient (Wildman–Crippen LogP) is 9.26. The van der Waals surface area contributed by atoms with Crippen molar-refractivity contribution in [3.8, 4) is 21.7 Å². The van der Waals surface area contributed by atoms with Gasteiger partial charge in [-0.15, -0.1) is 11.3 Å². The lowest BCUT2D eigenvalue weighted by molar-refractivity contribution is -0.136. The molecule has 11 nitrogen and oxygen atoms in total. The normalized spacial score (nSPS) is 16.5. The molecule has 2 saturated heterocycles. The maximum absolute atomic E-state index is 13.8. The fourth-order valence-corrected chi connectivity index (χ4v) is 11.3. The summed E-state index contributed by atoms with van der Waals surface area (Å²) in [5.74, 6) is 0.207. The van der Waals surface area contributed by atoms with E-state index in [-0.39, 0.29) is 29.4 Å². The van der Waals surface area contributed by atoms with Crippen molar-refractivity contribution in [3.63, 3.8) is 0 Å². The van der Waals surface area contributed by atoms with E-state index in [9.17, 15) is 14.7 Å². The molecule has 10 rings (SSSR count). The standard InChI is InChI=1S/C54H60N8O3S/c1-5-62-46-18-13-39(29-45(46)44-17-16-42(30-47(44)62)48-27-36(2)33-66-48)31-55-43-19-23-59(24-20-43)32-38-11-14-41(15-12-38)52-50-51(57-58(52)4)53(64)61(35-56-50)34-54(65)21-25-60(26-22-54)49(63)28-37(3)40-9-7-6-8-10-40/h6-18,27,29-30,33,35,37,43,55,65H,5,19-26,28,31-32,34H2,1-4H3/t37-/m1/s1. The molecule has 6 heterocycles. The SMILES string of the molecule is CCn1c2ccc(CNC3CCN(Cc4ccc(-c5c6ncn(CC7(O)CCN(C(=O)C[C@@H](C)c8ccccc8)CC7)c(=O)c6nn5C)cc4)CC3)cc2c2ccc(-c3cc(C)cs3)cc21. The summed E-state index contributed by atoms with van der Waals surface area (Å²) in [7, 11) is 1.84. The van der Waals surface area contributed by atoms with Crippen LogP contribution in [0.4, 0.5) is 0 Å². The van der Waals surface area contributed by atoms with Gasteiger partial charge in [-0.1, -0.05) is 79.7 Å². The average Bonchev–Trinajstić information content (AvgIpc) is 4.02. The van der Waals surface area contributed by atoms with E-state index in [1.807, 2.05) is 41.5 Å². The van der Waals surface area contributed by atoms with Gasteiger partial charge in [0.1, 0.15) is 5.52 Å². The van der Waals surface area contributed by atoms with Gasteiger partial charge in [-0.3, -0.25) is 23.7 Å². The Kier molecular flexibility index (Phi) is 12.2. The third-order valence-corrected chi connectivity index (χ3v) is 15.3. The number of carbonyl (C=O) groups is 1. The van der Waals surface area contributed by atoms with Crippen LogP contribution >= 0.6 is 11.3 Å². The zero-order chi connectivity index (χ0) is 45.5. The number of carbonyl (C=O) groups excluding carboxylic acids is 1. The lowest BCUT2D eigenvalue weighted by Gasteiger charge is -2.38. The molecule has 0 spiro atoms. The van der Waals surface area contributed by atoms with Crippen molar-refractivity contribution < 1.29 is 9.90 Å². The minimum absolute atomic E-state index is 0.0906. The molecule has 4 aromatic carbocycles. The first-order valence-electron chi connectivity index (χ1n) is 23.6. The second-order valence-electron chi connectivity index (χ2n) is 18.9. The van der Waals surface area contributed by atoms with Crippen LogP contribution in [0.25, 0.3) is 54.5 Å². The molecule has 2 N–H and O–H groups in total. The average molecular weight is 901 g/mol. The Morgan fingerprint density at radius 1 is 0.879 bits per heavy atom. The summed E-state index contributed by atoms with van der Waals surface area (Å²) < 4.78 is 5.66. The van der Waals surface area contributed by atoms with Crippen molar-refractivity contribution in [1.29, 1.82) is 0 Å². The van der Waals surface area contributed by atoms with Crippen LogP contribution in [0.5, 0.6) is 0 Å². The molecule has 0 radical (unpaired) electrons. The van der Waals surface area contributed by atoms with Gasteiger partial charge in [0.25, 0.3) is 5.56 Å². The highest BCUT2D eigenvalue weighted by Crippen LogP contribution is 2.36. The van der Waals surface area contributed by atoms with Crippen molar-refractivity contribution in [1.82, 2.24) is 39.0 Å². The van der Waals surface area contributed by atoms with E-state index in [2.05, 4.69) is 125 Å². The quantitative estimate of drug-likeness (QED) is 0.119. The monoisotopic (exact) mass is 900 g/mol. The number of aliphatic hydroxyl groups is 1. The fourth-order valence-electron chi connectivity index (χ4n) is 10.4. The third kappa shape index (κ3) is 8.87. The first kappa shape index (κ1) is 43.9. The number of nitrogens with zero attached hydrogens (tertiary/aromatic N) is 7. The number of thiophene rings is 1. The molecule has 66 heavy (non-hydrogen) atoms. The highest BCUT2D eigenvalue weighted by Gasteiger charge is 2.35. The van der Waals surface area contributed by atoms with Crippen LogP contribution in [0.3, 0.4) is 0 Å². The molecule has 2 aliphatic heterocycles. The van der Waals surface area contributed by atoms with E-state index in [1.54, 1.807) is 4.68 Å². The van der Waals surface area contributed by atoms with Gasteiger partial charge in [0, 0.05) is 84.5 Å². The Hall–Kier alpha value is -5.92. The minimum Gasteiger partial charge on any atom is -0.388 e. The van der Waals surface area contributed by atoms with Crippen LogP contribution in [-0.2, 0) is 38.0 Å². The molecule has 1 atom stereocenters. The van der Waals surface area contributed by atoms with Gasteiger partial charge in [-0.2, -0.15) is 5.10 Å². The Labute approximate surface area is 390 Å². The predicted molar refractivity (Wildman–Crippen MR) is 267 cm³/mol. The van der Waals surface area contributed by atoms with Crippen LogP contribution in [0.1, 0.15) is 74.1 Å².